The molecule has 1 aliphatic rings. The number of thiazole rings is 1. The van der Waals surface area contributed by atoms with Crippen molar-refractivity contribution in [3.8, 4) is 6.07 Å². The van der Waals surface area contributed by atoms with Crippen LogP contribution in [0.4, 0.5) is 5.69 Å². The molecule has 0 bridgehead atoms. The largest absolute Gasteiger partial charge is 0.368 e. The maximum Gasteiger partial charge on any atom is 0.191 e. The van der Waals surface area contributed by atoms with Gasteiger partial charge >= 0.3 is 0 Å². The number of aryl methyl sites for hydroxylation is 1. The van der Waals surface area contributed by atoms with Crippen molar-refractivity contribution in [1.82, 2.24) is 15.6 Å². The quantitative estimate of drug-likeness (QED) is 0.541. The van der Waals surface area contributed by atoms with E-state index in [1.54, 1.807) is 11.3 Å². The summed E-state index contributed by atoms with van der Waals surface area (Å²) in [4.78, 5) is 12.9. The molecule has 1 aliphatic heterocycles. The number of piperidine rings is 1. The molecule has 1 unspecified atom stereocenters. The summed E-state index contributed by atoms with van der Waals surface area (Å²) < 4.78 is 0. The summed E-state index contributed by atoms with van der Waals surface area (Å²) in [6.45, 7) is 7.65. The Morgan fingerprint density at radius 2 is 2.24 bits per heavy atom. The molecule has 1 saturated heterocycles. The molecule has 1 fully saturated rings. The zero-order chi connectivity index (χ0) is 20.5. The predicted molar refractivity (Wildman–Crippen MR) is 121 cm³/mol. The standard InChI is InChI=1S/C22H30N6S/c1-3-19-15-26-21(29-19)11-12-25-22(24-4-2)27-18-9-7-13-28(16-18)20-10-6-5-8-17(20)14-23/h5-6,8,10,15,18H,3-4,7,9,11-13,16H2,1-2H3,(H2,24,25,27). The molecule has 29 heavy (non-hydrogen) atoms. The Balaban J connectivity index is 1.59. The Morgan fingerprint density at radius 3 is 3.00 bits per heavy atom. The van der Waals surface area contributed by atoms with E-state index in [0.29, 0.717) is 6.04 Å². The number of aliphatic imine (C=N–C) groups is 1. The molecule has 1 atom stereocenters. The summed E-state index contributed by atoms with van der Waals surface area (Å²) in [6, 6.07) is 10.5. The fraction of sp³-hybridized carbons (Fsp3) is 0.500. The van der Waals surface area contributed by atoms with Gasteiger partial charge in [0.1, 0.15) is 6.07 Å². The Hall–Kier alpha value is -2.59. The van der Waals surface area contributed by atoms with Crippen LogP contribution in [0, 0.1) is 11.3 Å². The summed E-state index contributed by atoms with van der Waals surface area (Å²) in [6.07, 6.45) is 6.08. The van der Waals surface area contributed by atoms with Crippen LogP contribution < -0.4 is 15.5 Å². The number of anilines is 1. The van der Waals surface area contributed by atoms with Gasteiger partial charge in [-0.3, -0.25) is 4.99 Å². The van der Waals surface area contributed by atoms with Gasteiger partial charge < -0.3 is 15.5 Å². The van der Waals surface area contributed by atoms with Gasteiger partial charge in [0.25, 0.3) is 0 Å². The smallest absolute Gasteiger partial charge is 0.191 e. The van der Waals surface area contributed by atoms with E-state index in [4.69, 9.17) is 4.99 Å². The van der Waals surface area contributed by atoms with E-state index in [0.717, 1.165) is 74.1 Å². The van der Waals surface area contributed by atoms with Crippen molar-refractivity contribution in [1.29, 1.82) is 5.26 Å². The van der Waals surface area contributed by atoms with Crippen LogP contribution in [-0.2, 0) is 12.8 Å². The highest BCUT2D eigenvalue weighted by Crippen LogP contribution is 2.23. The molecule has 3 rings (SSSR count). The molecule has 7 heteroatoms. The second-order valence-electron chi connectivity index (χ2n) is 7.14. The summed E-state index contributed by atoms with van der Waals surface area (Å²) in [5, 5.41) is 17.5. The van der Waals surface area contributed by atoms with E-state index in [1.165, 1.54) is 4.88 Å². The number of hydrogen-bond acceptors (Lipinski definition) is 5. The van der Waals surface area contributed by atoms with Gasteiger partial charge in [-0.05, 0) is 38.3 Å². The summed E-state index contributed by atoms with van der Waals surface area (Å²) in [7, 11) is 0. The van der Waals surface area contributed by atoms with Crippen LogP contribution in [0.2, 0.25) is 0 Å². The normalized spacial score (nSPS) is 17.1. The molecule has 0 aliphatic carbocycles. The lowest BCUT2D eigenvalue weighted by Crippen LogP contribution is -2.51. The van der Waals surface area contributed by atoms with Crippen molar-refractivity contribution in [2.24, 2.45) is 4.99 Å². The number of nitrogens with one attached hydrogen (secondary N) is 2. The number of rotatable bonds is 7. The SMILES string of the molecule is CCNC(=NCCc1ncc(CC)s1)NC1CCCN(c2ccccc2C#N)C1. The Kier molecular flexibility index (Phi) is 7.88. The number of aromatic nitrogens is 1. The lowest BCUT2D eigenvalue weighted by atomic mass is 10.0. The second-order valence-corrected chi connectivity index (χ2v) is 8.34. The van der Waals surface area contributed by atoms with E-state index < -0.39 is 0 Å². The first-order valence-electron chi connectivity index (χ1n) is 10.5. The minimum atomic E-state index is 0.305. The summed E-state index contributed by atoms with van der Waals surface area (Å²) in [5.41, 5.74) is 1.77. The van der Waals surface area contributed by atoms with Crippen LogP contribution in [0.3, 0.4) is 0 Å². The Morgan fingerprint density at radius 1 is 1.38 bits per heavy atom. The zero-order valence-electron chi connectivity index (χ0n) is 17.3. The fourth-order valence-corrected chi connectivity index (χ4v) is 4.41. The molecule has 0 radical (unpaired) electrons. The van der Waals surface area contributed by atoms with E-state index in [9.17, 15) is 5.26 Å². The molecule has 0 spiro atoms. The molecule has 2 N–H and O–H groups in total. The van der Waals surface area contributed by atoms with Gasteiger partial charge in [0, 0.05) is 49.7 Å². The second kappa shape index (κ2) is 10.8. The summed E-state index contributed by atoms with van der Waals surface area (Å²) >= 11 is 1.78. The van der Waals surface area contributed by atoms with Crippen LogP contribution in [0.25, 0.3) is 0 Å². The maximum absolute atomic E-state index is 9.41. The van der Waals surface area contributed by atoms with Gasteiger partial charge in [-0.1, -0.05) is 19.1 Å². The third-order valence-electron chi connectivity index (χ3n) is 5.02. The highest BCUT2D eigenvalue weighted by molar-refractivity contribution is 7.11. The Bertz CT molecular complexity index is 853. The van der Waals surface area contributed by atoms with E-state index in [2.05, 4.69) is 40.4 Å². The molecule has 154 valence electrons. The van der Waals surface area contributed by atoms with Crippen LogP contribution in [0.15, 0.2) is 35.5 Å². The van der Waals surface area contributed by atoms with Gasteiger partial charge in [0.2, 0.25) is 0 Å². The molecular formula is C22H30N6S. The molecule has 6 nitrogen and oxygen atoms in total. The third kappa shape index (κ3) is 5.94. The van der Waals surface area contributed by atoms with E-state index in [-0.39, 0.29) is 0 Å². The monoisotopic (exact) mass is 410 g/mol. The first kappa shape index (κ1) is 21.1. The van der Waals surface area contributed by atoms with Crippen molar-refractivity contribution in [3.05, 3.63) is 45.9 Å². The van der Waals surface area contributed by atoms with Gasteiger partial charge in [0.05, 0.1) is 16.3 Å². The third-order valence-corrected chi connectivity index (χ3v) is 6.22. The van der Waals surface area contributed by atoms with Crippen molar-refractivity contribution in [2.75, 3.05) is 31.1 Å². The fourth-order valence-electron chi connectivity index (χ4n) is 3.56. The number of nitrogens with zero attached hydrogens (tertiary/aromatic N) is 4. The van der Waals surface area contributed by atoms with Crippen LogP contribution in [0.5, 0.6) is 0 Å². The van der Waals surface area contributed by atoms with Gasteiger partial charge in [-0.2, -0.15) is 5.26 Å². The van der Waals surface area contributed by atoms with Crippen molar-refractivity contribution < 1.29 is 0 Å². The van der Waals surface area contributed by atoms with E-state index in [1.807, 2.05) is 30.5 Å². The summed E-state index contributed by atoms with van der Waals surface area (Å²) in [5.74, 6) is 0.861. The number of hydrogen-bond donors (Lipinski definition) is 2. The average Bonchev–Trinajstić information content (AvgIpc) is 3.22. The van der Waals surface area contributed by atoms with Crippen LogP contribution >= 0.6 is 11.3 Å². The molecule has 0 amide bonds. The highest BCUT2D eigenvalue weighted by atomic mass is 32.1. The predicted octanol–water partition coefficient (Wildman–Crippen LogP) is 3.34. The lowest BCUT2D eigenvalue weighted by molar-refractivity contribution is 0.468. The van der Waals surface area contributed by atoms with Crippen molar-refractivity contribution in [2.45, 2.75) is 45.6 Å². The molecule has 2 heterocycles. The van der Waals surface area contributed by atoms with Gasteiger partial charge in [0.15, 0.2) is 5.96 Å². The van der Waals surface area contributed by atoms with Crippen LogP contribution in [-0.4, -0.2) is 43.2 Å². The number of guanidine groups is 1. The maximum atomic E-state index is 9.41. The minimum absolute atomic E-state index is 0.305. The minimum Gasteiger partial charge on any atom is -0.368 e. The van der Waals surface area contributed by atoms with Crippen molar-refractivity contribution >= 4 is 23.0 Å². The molecule has 0 saturated carbocycles. The van der Waals surface area contributed by atoms with Crippen molar-refractivity contribution in [3.63, 3.8) is 0 Å². The zero-order valence-corrected chi connectivity index (χ0v) is 18.1. The first-order chi connectivity index (χ1) is 14.2. The molecular weight excluding hydrogens is 380 g/mol. The molecule has 1 aromatic heterocycles. The van der Waals surface area contributed by atoms with E-state index >= 15 is 0 Å². The topological polar surface area (TPSA) is 76.3 Å². The van der Waals surface area contributed by atoms with Gasteiger partial charge in [-0.15, -0.1) is 11.3 Å². The lowest BCUT2D eigenvalue weighted by Gasteiger charge is -2.35. The molecule has 2 aromatic rings. The number of para-hydroxylation sites is 1. The first-order valence-corrected chi connectivity index (χ1v) is 11.3. The van der Waals surface area contributed by atoms with Gasteiger partial charge in [-0.25, -0.2) is 4.98 Å². The Labute approximate surface area is 177 Å². The highest BCUT2D eigenvalue weighted by Gasteiger charge is 2.22. The average molecular weight is 411 g/mol. The molecule has 1 aromatic carbocycles. The van der Waals surface area contributed by atoms with Crippen LogP contribution in [0.1, 0.15) is 42.1 Å². The number of benzene rings is 1. The number of nitriles is 1.